The molecule has 2 aromatic rings. The van der Waals surface area contributed by atoms with E-state index < -0.39 is 0 Å². The number of rotatable bonds is 7. The van der Waals surface area contributed by atoms with Crippen LogP contribution in [0.1, 0.15) is 27.5 Å². The largest absolute Gasteiger partial charge is 0.353 e. The molecular weight excluding hydrogens is 322 g/mol. The molecule has 0 spiro atoms. The number of aryl methyl sites for hydroxylation is 1. The number of nitrogens with zero attached hydrogens (tertiary/aromatic N) is 1. The first-order chi connectivity index (χ1) is 11.5. The summed E-state index contributed by atoms with van der Waals surface area (Å²) < 4.78 is 0. The number of nitrogens with one attached hydrogen (secondary N) is 2. The molecule has 6 heteroatoms. The van der Waals surface area contributed by atoms with Gasteiger partial charge in [-0.2, -0.15) is 11.3 Å². The maximum atomic E-state index is 12.0. The molecule has 1 heterocycles. The van der Waals surface area contributed by atoms with Gasteiger partial charge >= 0.3 is 0 Å². The number of hydrogen-bond acceptors (Lipinski definition) is 4. The van der Waals surface area contributed by atoms with Gasteiger partial charge in [-0.1, -0.05) is 29.8 Å². The van der Waals surface area contributed by atoms with E-state index in [1.807, 2.05) is 26.4 Å². The first-order valence-corrected chi connectivity index (χ1v) is 8.71. The van der Waals surface area contributed by atoms with Crippen LogP contribution in [-0.4, -0.2) is 43.9 Å². The SMILES string of the molecule is Cc1ccc([C@H](CNC(=O)CNC(=O)c2ccsc2)N(C)C)cc1. The highest BCUT2D eigenvalue weighted by atomic mass is 32.1. The van der Waals surface area contributed by atoms with Crippen LogP contribution in [0.4, 0.5) is 0 Å². The summed E-state index contributed by atoms with van der Waals surface area (Å²) in [6, 6.07) is 10.1. The monoisotopic (exact) mass is 345 g/mol. The fourth-order valence-electron chi connectivity index (χ4n) is 2.32. The Balaban J connectivity index is 1.84. The molecule has 1 aromatic heterocycles. The van der Waals surface area contributed by atoms with Crippen molar-refractivity contribution in [3.8, 4) is 0 Å². The van der Waals surface area contributed by atoms with E-state index in [0.29, 0.717) is 12.1 Å². The predicted molar refractivity (Wildman–Crippen MR) is 97.3 cm³/mol. The zero-order chi connectivity index (χ0) is 17.5. The highest BCUT2D eigenvalue weighted by Gasteiger charge is 2.15. The van der Waals surface area contributed by atoms with Crippen LogP contribution in [0.5, 0.6) is 0 Å². The van der Waals surface area contributed by atoms with E-state index in [1.54, 1.807) is 11.4 Å². The number of benzene rings is 1. The molecule has 0 bridgehead atoms. The molecule has 1 aromatic carbocycles. The number of thiophene rings is 1. The zero-order valence-electron chi connectivity index (χ0n) is 14.2. The Morgan fingerprint density at radius 3 is 2.42 bits per heavy atom. The second kappa shape index (κ2) is 8.61. The smallest absolute Gasteiger partial charge is 0.252 e. The number of amides is 2. The molecule has 0 aliphatic rings. The van der Waals surface area contributed by atoms with Gasteiger partial charge in [-0.05, 0) is 38.0 Å². The maximum absolute atomic E-state index is 12.0. The van der Waals surface area contributed by atoms with Gasteiger partial charge in [-0.3, -0.25) is 9.59 Å². The van der Waals surface area contributed by atoms with Crippen molar-refractivity contribution in [2.45, 2.75) is 13.0 Å². The molecule has 0 saturated carbocycles. The first-order valence-electron chi connectivity index (χ1n) is 7.77. The van der Waals surface area contributed by atoms with Crippen molar-refractivity contribution < 1.29 is 9.59 Å². The number of likely N-dealkylation sites (N-methyl/N-ethyl adjacent to an activating group) is 1. The van der Waals surface area contributed by atoms with Crippen LogP contribution in [0.3, 0.4) is 0 Å². The van der Waals surface area contributed by atoms with E-state index in [2.05, 4.69) is 39.8 Å². The molecule has 2 rings (SSSR count). The van der Waals surface area contributed by atoms with Gasteiger partial charge in [0.1, 0.15) is 0 Å². The maximum Gasteiger partial charge on any atom is 0.252 e. The third-order valence-corrected chi connectivity index (χ3v) is 4.45. The Labute approximate surface area is 146 Å². The lowest BCUT2D eigenvalue weighted by Gasteiger charge is -2.25. The average molecular weight is 345 g/mol. The van der Waals surface area contributed by atoms with E-state index in [0.717, 1.165) is 5.56 Å². The van der Waals surface area contributed by atoms with E-state index in [4.69, 9.17) is 0 Å². The van der Waals surface area contributed by atoms with E-state index in [-0.39, 0.29) is 24.4 Å². The summed E-state index contributed by atoms with van der Waals surface area (Å²) in [5.74, 6) is -0.424. The van der Waals surface area contributed by atoms with Crippen molar-refractivity contribution >= 4 is 23.2 Å². The molecule has 0 fully saturated rings. The standard InChI is InChI=1S/C18H23N3O2S/c1-13-4-6-14(7-5-13)16(21(2)3)10-19-17(22)11-20-18(23)15-8-9-24-12-15/h4-9,12,16H,10-11H2,1-3H3,(H,19,22)(H,20,23)/t16-/m0/s1. The van der Waals surface area contributed by atoms with Crippen LogP contribution in [0.15, 0.2) is 41.1 Å². The van der Waals surface area contributed by atoms with Gasteiger partial charge in [0.15, 0.2) is 0 Å². The third-order valence-electron chi connectivity index (χ3n) is 3.77. The summed E-state index contributed by atoms with van der Waals surface area (Å²) in [6.45, 7) is 2.51. The molecule has 2 amide bonds. The van der Waals surface area contributed by atoms with Crippen molar-refractivity contribution in [2.24, 2.45) is 0 Å². The number of hydrogen-bond donors (Lipinski definition) is 2. The molecule has 0 saturated heterocycles. The van der Waals surface area contributed by atoms with Crippen LogP contribution in [0.2, 0.25) is 0 Å². The Hall–Kier alpha value is -2.18. The third kappa shape index (κ3) is 5.18. The fraction of sp³-hybridized carbons (Fsp3) is 0.333. The van der Waals surface area contributed by atoms with Crippen LogP contribution in [0.25, 0.3) is 0 Å². The van der Waals surface area contributed by atoms with Crippen molar-refractivity contribution in [3.05, 3.63) is 57.8 Å². The van der Waals surface area contributed by atoms with Crippen LogP contribution < -0.4 is 10.6 Å². The minimum absolute atomic E-state index is 0.0251. The van der Waals surface area contributed by atoms with Gasteiger partial charge in [0, 0.05) is 17.5 Å². The lowest BCUT2D eigenvalue weighted by Crippen LogP contribution is -2.40. The summed E-state index contributed by atoms with van der Waals surface area (Å²) in [5, 5.41) is 9.10. The fourth-order valence-corrected chi connectivity index (χ4v) is 2.95. The summed E-state index contributed by atoms with van der Waals surface area (Å²) in [4.78, 5) is 25.9. The Morgan fingerprint density at radius 2 is 1.83 bits per heavy atom. The van der Waals surface area contributed by atoms with Crippen molar-refractivity contribution in [1.82, 2.24) is 15.5 Å². The minimum atomic E-state index is -0.228. The average Bonchev–Trinajstić information content (AvgIpc) is 3.08. The van der Waals surface area contributed by atoms with Crippen molar-refractivity contribution in [1.29, 1.82) is 0 Å². The molecule has 5 nitrogen and oxygen atoms in total. The van der Waals surface area contributed by atoms with E-state index in [1.165, 1.54) is 16.9 Å². The van der Waals surface area contributed by atoms with Gasteiger partial charge < -0.3 is 15.5 Å². The highest BCUT2D eigenvalue weighted by molar-refractivity contribution is 7.08. The van der Waals surface area contributed by atoms with Gasteiger partial charge in [0.25, 0.3) is 5.91 Å². The van der Waals surface area contributed by atoms with E-state index >= 15 is 0 Å². The first kappa shape index (κ1) is 18.2. The molecule has 1 atom stereocenters. The molecule has 128 valence electrons. The zero-order valence-corrected chi connectivity index (χ0v) is 15.0. The summed E-state index contributed by atoms with van der Waals surface area (Å²) >= 11 is 1.45. The quantitative estimate of drug-likeness (QED) is 0.809. The predicted octanol–water partition coefficient (Wildman–Crippen LogP) is 2.21. The summed E-state index contributed by atoms with van der Waals surface area (Å²) in [5.41, 5.74) is 2.93. The van der Waals surface area contributed by atoms with Crippen LogP contribution >= 0.6 is 11.3 Å². The summed E-state index contributed by atoms with van der Waals surface area (Å²) in [7, 11) is 3.96. The number of carbonyl (C=O) groups excluding carboxylic acids is 2. The van der Waals surface area contributed by atoms with Crippen molar-refractivity contribution in [2.75, 3.05) is 27.2 Å². The normalized spacial score (nSPS) is 12.0. The Kier molecular flexibility index (Phi) is 6.52. The van der Waals surface area contributed by atoms with Crippen LogP contribution in [-0.2, 0) is 4.79 Å². The molecule has 0 aliphatic heterocycles. The molecule has 0 radical (unpaired) electrons. The molecular formula is C18H23N3O2S. The van der Waals surface area contributed by atoms with Crippen LogP contribution in [0, 0.1) is 6.92 Å². The molecule has 0 aliphatic carbocycles. The van der Waals surface area contributed by atoms with Gasteiger partial charge in [-0.25, -0.2) is 0 Å². The lowest BCUT2D eigenvalue weighted by atomic mass is 10.0. The second-order valence-corrected chi connectivity index (χ2v) is 6.67. The number of carbonyl (C=O) groups is 2. The van der Waals surface area contributed by atoms with E-state index in [9.17, 15) is 9.59 Å². The minimum Gasteiger partial charge on any atom is -0.353 e. The molecule has 0 unspecified atom stereocenters. The van der Waals surface area contributed by atoms with Gasteiger partial charge in [-0.15, -0.1) is 0 Å². The molecule has 24 heavy (non-hydrogen) atoms. The summed E-state index contributed by atoms with van der Waals surface area (Å²) in [6.07, 6.45) is 0. The second-order valence-electron chi connectivity index (χ2n) is 5.89. The van der Waals surface area contributed by atoms with Gasteiger partial charge in [0.2, 0.25) is 5.91 Å². The Morgan fingerprint density at radius 1 is 1.12 bits per heavy atom. The van der Waals surface area contributed by atoms with Gasteiger partial charge in [0.05, 0.1) is 12.6 Å². The topological polar surface area (TPSA) is 61.4 Å². The highest BCUT2D eigenvalue weighted by Crippen LogP contribution is 2.17. The molecule has 2 N–H and O–H groups in total. The Bertz CT molecular complexity index is 666. The van der Waals surface area contributed by atoms with Crippen molar-refractivity contribution in [3.63, 3.8) is 0 Å². The lowest BCUT2D eigenvalue weighted by molar-refractivity contribution is -0.120.